The van der Waals surface area contributed by atoms with E-state index < -0.39 is 11.8 Å². The molecule has 0 atom stereocenters. The number of benzene rings is 1. The fourth-order valence-electron chi connectivity index (χ4n) is 0.938. The summed E-state index contributed by atoms with van der Waals surface area (Å²) in [6.07, 6.45) is 0.642. The molecule has 0 unspecified atom stereocenters. The van der Waals surface area contributed by atoms with E-state index in [-0.39, 0.29) is 0 Å². The van der Waals surface area contributed by atoms with Gasteiger partial charge < -0.3 is 4.74 Å². The van der Waals surface area contributed by atoms with Crippen molar-refractivity contribution in [3.05, 3.63) is 35.9 Å². The Balaban J connectivity index is 2.41. The highest BCUT2D eigenvalue weighted by Gasteiger charge is 2.17. The molecular formula is C12H15NO3. The van der Waals surface area contributed by atoms with Gasteiger partial charge in [0.2, 0.25) is 0 Å². The number of hydrogen-bond donors (Lipinski definition) is 0. The van der Waals surface area contributed by atoms with E-state index in [1.165, 1.54) is 6.21 Å². The zero-order chi connectivity index (χ0) is 12.0. The van der Waals surface area contributed by atoms with Gasteiger partial charge in [-0.3, -0.25) is 4.84 Å². The van der Waals surface area contributed by atoms with Gasteiger partial charge in [0.1, 0.15) is 5.60 Å². The predicted molar refractivity (Wildman–Crippen MR) is 61.4 cm³/mol. The Hall–Kier alpha value is -1.84. The summed E-state index contributed by atoms with van der Waals surface area (Å²) in [4.78, 5) is 15.6. The van der Waals surface area contributed by atoms with E-state index in [2.05, 4.69) is 9.99 Å². The molecule has 0 aliphatic rings. The first kappa shape index (κ1) is 12.2. The highest BCUT2D eigenvalue weighted by atomic mass is 16.8. The first-order chi connectivity index (χ1) is 7.47. The molecule has 0 radical (unpaired) electrons. The number of carbonyl (C=O) groups is 1. The molecule has 4 heteroatoms. The van der Waals surface area contributed by atoms with Gasteiger partial charge in [0, 0.05) is 0 Å². The quantitative estimate of drug-likeness (QED) is 0.334. The number of ether oxygens (including phenoxy) is 1. The smallest absolute Gasteiger partial charge is 0.427 e. The molecule has 0 saturated heterocycles. The maximum atomic E-state index is 11.1. The Morgan fingerprint density at radius 3 is 2.44 bits per heavy atom. The largest absolute Gasteiger partial charge is 0.535 e. The Kier molecular flexibility index (Phi) is 4.05. The fourth-order valence-corrected chi connectivity index (χ4v) is 0.938. The molecule has 0 N–H and O–H groups in total. The van der Waals surface area contributed by atoms with Crippen LogP contribution >= 0.6 is 0 Å². The summed E-state index contributed by atoms with van der Waals surface area (Å²) in [5.74, 6) is 0. The lowest BCUT2D eigenvalue weighted by Gasteiger charge is -2.16. The Labute approximate surface area is 94.9 Å². The monoisotopic (exact) mass is 221 g/mol. The van der Waals surface area contributed by atoms with Gasteiger partial charge in [-0.1, -0.05) is 35.5 Å². The maximum Gasteiger partial charge on any atom is 0.535 e. The molecule has 1 aromatic carbocycles. The van der Waals surface area contributed by atoms with Gasteiger partial charge in [-0.25, -0.2) is 4.79 Å². The topological polar surface area (TPSA) is 47.9 Å². The van der Waals surface area contributed by atoms with Crippen molar-refractivity contribution in [3.8, 4) is 0 Å². The number of nitrogens with zero attached hydrogens (tertiary/aromatic N) is 1. The zero-order valence-electron chi connectivity index (χ0n) is 9.64. The van der Waals surface area contributed by atoms with Crippen LogP contribution in [0.25, 0.3) is 0 Å². The van der Waals surface area contributed by atoms with Gasteiger partial charge in [0.25, 0.3) is 0 Å². The van der Waals surface area contributed by atoms with E-state index in [0.29, 0.717) is 0 Å². The molecule has 16 heavy (non-hydrogen) atoms. The summed E-state index contributed by atoms with van der Waals surface area (Å²) in [7, 11) is 0. The van der Waals surface area contributed by atoms with Crippen molar-refractivity contribution >= 4 is 12.4 Å². The molecule has 0 spiro atoms. The summed E-state index contributed by atoms with van der Waals surface area (Å²) in [5, 5.41) is 3.53. The van der Waals surface area contributed by atoms with Crippen LogP contribution in [0, 0.1) is 0 Å². The van der Waals surface area contributed by atoms with E-state index in [4.69, 9.17) is 4.74 Å². The number of hydrogen-bond acceptors (Lipinski definition) is 4. The average molecular weight is 221 g/mol. The van der Waals surface area contributed by atoms with Crippen LogP contribution in [0.3, 0.4) is 0 Å². The second-order valence-electron chi connectivity index (χ2n) is 4.20. The second-order valence-corrected chi connectivity index (χ2v) is 4.20. The Bertz CT molecular complexity index is 366. The summed E-state index contributed by atoms with van der Waals surface area (Å²) < 4.78 is 4.90. The summed E-state index contributed by atoms with van der Waals surface area (Å²) >= 11 is 0. The Morgan fingerprint density at radius 2 is 1.88 bits per heavy atom. The van der Waals surface area contributed by atoms with E-state index in [1.54, 1.807) is 20.8 Å². The van der Waals surface area contributed by atoms with Crippen LogP contribution in [0.1, 0.15) is 26.3 Å². The van der Waals surface area contributed by atoms with E-state index in [0.717, 1.165) is 5.56 Å². The van der Waals surface area contributed by atoms with Crippen LogP contribution in [0.5, 0.6) is 0 Å². The third kappa shape index (κ3) is 5.14. The third-order valence-electron chi connectivity index (χ3n) is 1.52. The lowest BCUT2D eigenvalue weighted by Crippen LogP contribution is -2.23. The summed E-state index contributed by atoms with van der Waals surface area (Å²) in [6, 6.07) is 9.33. The van der Waals surface area contributed by atoms with Crippen LogP contribution in [-0.2, 0) is 9.57 Å². The summed E-state index contributed by atoms with van der Waals surface area (Å²) in [6.45, 7) is 5.28. The van der Waals surface area contributed by atoms with Crippen LogP contribution < -0.4 is 0 Å². The van der Waals surface area contributed by atoms with Crippen LogP contribution in [-0.4, -0.2) is 18.0 Å². The molecule has 0 aliphatic carbocycles. The second kappa shape index (κ2) is 5.30. The van der Waals surface area contributed by atoms with Gasteiger partial charge in [-0.05, 0) is 26.3 Å². The third-order valence-corrected chi connectivity index (χ3v) is 1.52. The van der Waals surface area contributed by atoms with Gasteiger partial charge >= 0.3 is 6.16 Å². The molecule has 0 saturated carbocycles. The minimum Gasteiger partial charge on any atom is -0.427 e. The maximum absolute atomic E-state index is 11.1. The van der Waals surface area contributed by atoms with E-state index in [1.807, 2.05) is 30.3 Å². The molecule has 0 fully saturated rings. The molecule has 86 valence electrons. The zero-order valence-corrected chi connectivity index (χ0v) is 9.64. The van der Waals surface area contributed by atoms with Gasteiger partial charge in [0.15, 0.2) is 0 Å². The van der Waals surface area contributed by atoms with Crippen molar-refractivity contribution in [2.45, 2.75) is 26.4 Å². The van der Waals surface area contributed by atoms with Crippen molar-refractivity contribution < 1.29 is 14.4 Å². The van der Waals surface area contributed by atoms with Gasteiger partial charge in [0.05, 0.1) is 6.21 Å². The molecule has 0 amide bonds. The molecule has 0 aromatic heterocycles. The van der Waals surface area contributed by atoms with Gasteiger partial charge in [-0.15, -0.1) is 0 Å². The highest BCUT2D eigenvalue weighted by molar-refractivity contribution is 5.79. The van der Waals surface area contributed by atoms with Crippen molar-refractivity contribution in [2.24, 2.45) is 5.16 Å². The van der Waals surface area contributed by atoms with Crippen LogP contribution in [0.4, 0.5) is 4.79 Å². The molecule has 1 aromatic rings. The van der Waals surface area contributed by atoms with Crippen molar-refractivity contribution in [1.82, 2.24) is 0 Å². The lowest BCUT2D eigenvalue weighted by molar-refractivity contribution is -0.00590. The SMILES string of the molecule is CC(C)(C)OC(=O)O/N=C\c1ccccc1. The predicted octanol–water partition coefficient (Wildman–Crippen LogP) is 2.97. The minimum absolute atomic E-state index is 0.570. The van der Waals surface area contributed by atoms with Gasteiger partial charge in [-0.2, -0.15) is 0 Å². The first-order valence-electron chi connectivity index (χ1n) is 4.96. The molecular weight excluding hydrogens is 206 g/mol. The number of rotatable bonds is 2. The first-order valence-corrected chi connectivity index (χ1v) is 4.96. The normalized spacial score (nSPS) is 11.4. The van der Waals surface area contributed by atoms with E-state index in [9.17, 15) is 4.79 Å². The number of oxime groups is 1. The standard InChI is InChI=1S/C12H15NO3/c1-12(2,3)15-11(14)16-13-9-10-7-5-4-6-8-10/h4-9H,1-3H3/b13-9-. The molecule has 0 heterocycles. The van der Waals surface area contributed by atoms with Crippen molar-refractivity contribution in [2.75, 3.05) is 0 Å². The fraction of sp³-hybridized carbons (Fsp3) is 0.333. The molecule has 0 bridgehead atoms. The van der Waals surface area contributed by atoms with Crippen molar-refractivity contribution in [1.29, 1.82) is 0 Å². The van der Waals surface area contributed by atoms with Crippen LogP contribution in [0.2, 0.25) is 0 Å². The minimum atomic E-state index is -0.806. The molecule has 0 aliphatic heterocycles. The summed E-state index contributed by atoms with van der Waals surface area (Å²) in [5.41, 5.74) is 0.283. The van der Waals surface area contributed by atoms with Crippen LogP contribution in [0.15, 0.2) is 35.5 Å². The van der Waals surface area contributed by atoms with E-state index >= 15 is 0 Å². The molecule has 1 rings (SSSR count). The number of carbonyl (C=O) groups excluding carboxylic acids is 1. The average Bonchev–Trinajstić information content (AvgIpc) is 2.16. The molecule has 4 nitrogen and oxygen atoms in total. The highest BCUT2D eigenvalue weighted by Crippen LogP contribution is 2.08. The lowest BCUT2D eigenvalue weighted by atomic mass is 10.2. The Morgan fingerprint density at radius 1 is 1.25 bits per heavy atom. The van der Waals surface area contributed by atoms with Crippen molar-refractivity contribution in [3.63, 3.8) is 0 Å².